The first-order chi connectivity index (χ1) is 12.2. The summed E-state index contributed by atoms with van der Waals surface area (Å²) < 4.78 is 5.34. The van der Waals surface area contributed by atoms with Gasteiger partial charge in [0.05, 0.1) is 13.0 Å². The molecule has 1 aliphatic rings. The Morgan fingerprint density at radius 1 is 1.32 bits per heavy atom. The highest BCUT2D eigenvalue weighted by Crippen LogP contribution is 2.23. The van der Waals surface area contributed by atoms with Gasteiger partial charge in [0.25, 0.3) is 0 Å². The Labute approximate surface area is 146 Å². The molecule has 0 spiro atoms. The van der Waals surface area contributed by atoms with Gasteiger partial charge in [-0.3, -0.25) is 4.79 Å². The van der Waals surface area contributed by atoms with Gasteiger partial charge < -0.3 is 20.1 Å². The Hall–Kier alpha value is -2.83. The standard InChI is InChI=1S/C18H22N4O3/c1-25-15-5-3-2-4-14(15)12-20-18-19-9-6-16(21-18)22-10-7-13(8-11-22)17(23)24/h2-6,9,13H,7-8,10-12H2,1H3,(H,23,24)(H,19,20,21). The molecule has 0 radical (unpaired) electrons. The summed E-state index contributed by atoms with van der Waals surface area (Å²) in [6.07, 6.45) is 3.00. The molecule has 2 aromatic rings. The predicted molar refractivity (Wildman–Crippen MR) is 94.9 cm³/mol. The Morgan fingerprint density at radius 3 is 2.80 bits per heavy atom. The summed E-state index contributed by atoms with van der Waals surface area (Å²) in [5.74, 6) is 1.23. The first-order valence-corrected chi connectivity index (χ1v) is 8.34. The highest BCUT2D eigenvalue weighted by Gasteiger charge is 2.25. The molecule has 1 aliphatic heterocycles. The maximum atomic E-state index is 11.1. The number of rotatable bonds is 6. The first kappa shape index (κ1) is 17.0. The SMILES string of the molecule is COc1ccccc1CNc1nccc(N2CCC(C(=O)O)CC2)n1. The zero-order valence-electron chi connectivity index (χ0n) is 14.2. The number of para-hydroxylation sites is 1. The van der Waals surface area contributed by atoms with Crippen LogP contribution < -0.4 is 15.0 Å². The van der Waals surface area contributed by atoms with Gasteiger partial charge in [-0.15, -0.1) is 0 Å². The lowest BCUT2D eigenvalue weighted by Gasteiger charge is -2.31. The lowest BCUT2D eigenvalue weighted by molar-refractivity contribution is -0.142. The van der Waals surface area contributed by atoms with Crippen LogP contribution >= 0.6 is 0 Å². The first-order valence-electron chi connectivity index (χ1n) is 8.34. The van der Waals surface area contributed by atoms with Crippen LogP contribution in [0, 0.1) is 5.92 Å². The molecule has 7 nitrogen and oxygen atoms in total. The van der Waals surface area contributed by atoms with Crippen molar-refractivity contribution in [3.05, 3.63) is 42.1 Å². The number of hydrogen-bond donors (Lipinski definition) is 2. The summed E-state index contributed by atoms with van der Waals surface area (Å²) in [6.45, 7) is 1.95. The molecule has 1 fully saturated rings. The number of piperidine rings is 1. The van der Waals surface area contributed by atoms with E-state index in [0.717, 1.165) is 17.1 Å². The van der Waals surface area contributed by atoms with Gasteiger partial charge in [0.2, 0.25) is 5.95 Å². The zero-order valence-corrected chi connectivity index (χ0v) is 14.2. The second-order valence-electron chi connectivity index (χ2n) is 6.00. The van der Waals surface area contributed by atoms with Crippen LogP contribution in [-0.2, 0) is 11.3 Å². The second-order valence-corrected chi connectivity index (χ2v) is 6.00. The number of aromatic nitrogens is 2. The number of carboxylic acids is 1. The minimum atomic E-state index is -0.707. The van der Waals surface area contributed by atoms with Crippen molar-refractivity contribution in [3.63, 3.8) is 0 Å². The molecule has 25 heavy (non-hydrogen) atoms. The van der Waals surface area contributed by atoms with E-state index in [0.29, 0.717) is 38.4 Å². The lowest BCUT2D eigenvalue weighted by Crippen LogP contribution is -2.36. The number of benzene rings is 1. The summed E-state index contributed by atoms with van der Waals surface area (Å²) in [4.78, 5) is 22.0. The number of hydrogen-bond acceptors (Lipinski definition) is 6. The van der Waals surface area contributed by atoms with Gasteiger partial charge in [0.1, 0.15) is 11.6 Å². The van der Waals surface area contributed by atoms with E-state index < -0.39 is 5.97 Å². The van der Waals surface area contributed by atoms with E-state index in [4.69, 9.17) is 9.84 Å². The number of aliphatic carboxylic acids is 1. The van der Waals surface area contributed by atoms with Gasteiger partial charge in [-0.1, -0.05) is 18.2 Å². The number of ether oxygens (including phenoxy) is 1. The Balaban J connectivity index is 1.63. The van der Waals surface area contributed by atoms with E-state index in [1.165, 1.54) is 0 Å². The second kappa shape index (κ2) is 7.83. The number of nitrogens with zero attached hydrogens (tertiary/aromatic N) is 3. The fourth-order valence-electron chi connectivity index (χ4n) is 2.99. The predicted octanol–water partition coefficient (Wildman–Crippen LogP) is 2.40. The number of carbonyl (C=O) groups is 1. The van der Waals surface area contributed by atoms with E-state index in [1.54, 1.807) is 13.3 Å². The van der Waals surface area contributed by atoms with Gasteiger partial charge in [-0.05, 0) is 25.0 Å². The third-order valence-electron chi connectivity index (χ3n) is 4.44. The van der Waals surface area contributed by atoms with Gasteiger partial charge >= 0.3 is 5.97 Å². The van der Waals surface area contributed by atoms with Crippen LogP contribution in [0.1, 0.15) is 18.4 Å². The summed E-state index contributed by atoms with van der Waals surface area (Å²) in [6, 6.07) is 9.66. The molecule has 0 bridgehead atoms. The van der Waals surface area contributed by atoms with Gasteiger partial charge in [0.15, 0.2) is 0 Å². The van der Waals surface area contributed by atoms with Crippen LogP contribution in [0.25, 0.3) is 0 Å². The smallest absolute Gasteiger partial charge is 0.306 e. The van der Waals surface area contributed by atoms with Crippen molar-refractivity contribution in [2.75, 3.05) is 30.4 Å². The quantitative estimate of drug-likeness (QED) is 0.833. The molecule has 0 amide bonds. The molecule has 1 aromatic carbocycles. The van der Waals surface area contributed by atoms with Crippen LogP contribution in [0.15, 0.2) is 36.5 Å². The van der Waals surface area contributed by atoms with Gasteiger partial charge in [-0.25, -0.2) is 4.98 Å². The Bertz CT molecular complexity index is 730. The maximum Gasteiger partial charge on any atom is 0.306 e. The van der Waals surface area contributed by atoms with Crippen molar-refractivity contribution in [2.45, 2.75) is 19.4 Å². The largest absolute Gasteiger partial charge is 0.496 e. The zero-order chi connectivity index (χ0) is 17.6. The molecular weight excluding hydrogens is 320 g/mol. The summed E-state index contributed by atoms with van der Waals surface area (Å²) in [7, 11) is 1.65. The lowest BCUT2D eigenvalue weighted by atomic mass is 9.97. The van der Waals surface area contributed by atoms with Crippen molar-refractivity contribution in [3.8, 4) is 5.75 Å². The molecular formula is C18H22N4O3. The average molecular weight is 342 g/mol. The Morgan fingerprint density at radius 2 is 2.08 bits per heavy atom. The molecule has 3 rings (SSSR count). The van der Waals surface area contributed by atoms with E-state index in [2.05, 4.69) is 20.2 Å². The van der Waals surface area contributed by atoms with E-state index in [9.17, 15) is 4.79 Å². The molecule has 2 heterocycles. The van der Waals surface area contributed by atoms with Crippen molar-refractivity contribution < 1.29 is 14.6 Å². The molecule has 1 aromatic heterocycles. The van der Waals surface area contributed by atoms with E-state index >= 15 is 0 Å². The summed E-state index contributed by atoms with van der Waals surface area (Å²) in [5, 5.41) is 12.3. The van der Waals surface area contributed by atoms with Crippen molar-refractivity contribution in [1.82, 2.24) is 9.97 Å². The number of methoxy groups -OCH3 is 1. The van der Waals surface area contributed by atoms with Crippen LogP contribution in [0.2, 0.25) is 0 Å². The molecule has 132 valence electrons. The summed E-state index contributed by atoms with van der Waals surface area (Å²) >= 11 is 0. The maximum absolute atomic E-state index is 11.1. The number of nitrogens with one attached hydrogen (secondary N) is 1. The monoisotopic (exact) mass is 342 g/mol. The normalized spacial score (nSPS) is 15.0. The van der Waals surface area contributed by atoms with E-state index in [1.807, 2.05) is 30.3 Å². The fourth-order valence-corrected chi connectivity index (χ4v) is 2.99. The van der Waals surface area contributed by atoms with E-state index in [-0.39, 0.29) is 5.92 Å². The highest BCUT2D eigenvalue weighted by atomic mass is 16.5. The summed E-state index contributed by atoms with van der Waals surface area (Å²) in [5.41, 5.74) is 1.03. The molecule has 0 aliphatic carbocycles. The van der Waals surface area contributed by atoms with Gasteiger partial charge in [-0.2, -0.15) is 4.98 Å². The Kier molecular flexibility index (Phi) is 5.33. The van der Waals surface area contributed by atoms with Crippen LogP contribution in [0.5, 0.6) is 5.75 Å². The molecule has 2 N–H and O–H groups in total. The molecule has 0 atom stereocenters. The topological polar surface area (TPSA) is 87.6 Å². The molecule has 0 unspecified atom stereocenters. The van der Waals surface area contributed by atoms with Crippen LogP contribution in [0.3, 0.4) is 0 Å². The fraction of sp³-hybridized carbons (Fsp3) is 0.389. The van der Waals surface area contributed by atoms with Crippen molar-refractivity contribution in [2.24, 2.45) is 5.92 Å². The minimum Gasteiger partial charge on any atom is -0.496 e. The van der Waals surface area contributed by atoms with Crippen LogP contribution in [0.4, 0.5) is 11.8 Å². The van der Waals surface area contributed by atoms with Crippen molar-refractivity contribution >= 4 is 17.7 Å². The third-order valence-corrected chi connectivity index (χ3v) is 4.44. The average Bonchev–Trinajstić information content (AvgIpc) is 2.67. The minimum absolute atomic E-state index is 0.249. The molecule has 0 saturated carbocycles. The number of carboxylic acid groups (broad SMARTS) is 1. The highest BCUT2D eigenvalue weighted by molar-refractivity contribution is 5.70. The molecule has 1 saturated heterocycles. The van der Waals surface area contributed by atoms with Crippen molar-refractivity contribution in [1.29, 1.82) is 0 Å². The number of anilines is 2. The van der Waals surface area contributed by atoms with Gasteiger partial charge in [0, 0.05) is 31.4 Å². The van der Waals surface area contributed by atoms with Crippen LogP contribution in [-0.4, -0.2) is 41.2 Å². The molecule has 7 heteroatoms. The third kappa shape index (κ3) is 4.17.